The highest BCUT2D eigenvalue weighted by molar-refractivity contribution is 7.13. The number of halogens is 2. The maximum atomic E-state index is 12.4. The van der Waals surface area contributed by atoms with E-state index in [9.17, 15) is 9.59 Å². The zero-order chi connectivity index (χ0) is 17.8. The molecule has 1 aromatic carbocycles. The average molecular weight is 395 g/mol. The summed E-state index contributed by atoms with van der Waals surface area (Å²) in [7, 11) is 0. The predicted octanol–water partition coefficient (Wildman–Crippen LogP) is 4.02. The molecule has 0 aliphatic rings. The minimum Gasteiger partial charge on any atom is -0.459 e. The maximum Gasteiger partial charge on any atom is 0.326 e. The second-order valence-electron chi connectivity index (χ2n) is 5.06. The van der Waals surface area contributed by atoms with E-state index in [1.54, 1.807) is 6.07 Å². The molecule has 0 aliphatic carbocycles. The van der Waals surface area contributed by atoms with Crippen LogP contribution in [-0.4, -0.2) is 15.5 Å². The molecule has 0 N–H and O–H groups in total. The Labute approximate surface area is 157 Å². The van der Waals surface area contributed by atoms with Crippen LogP contribution in [0.25, 0.3) is 10.6 Å². The van der Waals surface area contributed by atoms with E-state index in [0.717, 1.165) is 5.56 Å². The van der Waals surface area contributed by atoms with Crippen LogP contribution >= 0.6 is 34.5 Å². The monoisotopic (exact) mass is 394 g/mol. The molecule has 2 heterocycles. The zero-order valence-corrected chi connectivity index (χ0v) is 15.1. The molecule has 0 unspecified atom stereocenters. The number of ether oxygens (including phenoxy) is 1. The van der Waals surface area contributed by atoms with Gasteiger partial charge in [0.2, 0.25) is 0 Å². The highest BCUT2D eigenvalue weighted by Gasteiger charge is 2.19. The molecule has 0 radical (unpaired) electrons. The van der Waals surface area contributed by atoms with Crippen LogP contribution in [0.2, 0.25) is 10.3 Å². The summed E-state index contributed by atoms with van der Waals surface area (Å²) in [5, 5.41) is 1.60. The van der Waals surface area contributed by atoms with Crippen LogP contribution < -0.4 is 5.56 Å². The Kier molecular flexibility index (Phi) is 5.53. The SMILES string of the molecule is O=C(Cn1c(-c2cccs2)c(Cl)nc(Cl)c1=O)OCc1ccccc1. The van der Waals surface area contributed by atoms with E-state index in [2.05, 4.69) is 4.98 Å². The van der Waals surface area contributed by atoms with Crippen molar-refractivity contribution in [3.8, 4) is 10.6 Å². The smallest absolute Gasteiger partial charge is 0.326 e. The highest BCUT2D eigenvalue weighted by atomic mass is 35.5. The van der Waals surface area contributed by atoms with Crippen molar-refractivity contribution in [2.24, 2.45) is 0 Å². The van der Waals surface area contributed by atoms with Crippen LogP contribution in [0.5, 0.6) is 0 Å². The Hall–Kier alpha value is -2.15. The van der Waals surface area contributed by atoms with Crippen molar-refractivity contribution in [1.29, 1.82) is 0 Å². The second kappa shape index (κ2) is 7.82. The molecule has 128 valence electrons. The number of hydrogen-bond donors (Lipinski definition) is 0. The normalized spacial score (nSPS) is 10.6. The number of carbonyl (C=O) groups excluding carboxylic acids is 1. The number of benzene rings is 1. The third kappa shape index (κ3) is 4.10. The predicted molar refractivity (Wildman–Crippen MR) is 98.1 cm³/mol. The van der Waals surface area contributed by atoms with Gasteiger partial charge >= 0.3 is 5.97 Å². The highest BCUT2D eigenvalue weighted by Crippen LogP contribution is 2.29. The van der Waals surface area contributed by atoms with Crippen LogP contribution in [0.15, 0.2) is 52.6 Å². The molecule has 0 atom stereocenters. The molecule has 5 nitrogen and oxygen atoms in total. The van der Waals surface area contributed by atoms with Crippen LogP contribution in [0.3, 0.4) is 0 Å². The summed E-state index contributed by atoms with van der Waals surface area (Å²) >= 11 is 13.4. The van der Waals surface area contributed by atoms with Crippen LogP contribution in [0.1, 0.15) is 5.56 Å². The summed E-state index contributed by atoms with van der Waals surface area (Å²) in [4.78, 5) is 29.1. The summed E-state index contributed by atoms with van der Waals surface area (Å²) in [6, 6.07) is 12.9. The lowest BCUT2D eigenvalue weighted by molar-refractivity contribution is -0.145. The molecule has 0 aliphatic heterocycles. The number of nitrogens with zero attached hydrogens (tertiary/aromatic N) is 2. The molecule has 0 saturated carbocycles. The minimum absolute atomic E-state index is 0.0582. The summed E-state index contributed by atoms with van der Waals surface area (Å²) in [5.74, 6) is -0.568. The Bertz CT molecular complexity index is 941. The molecule has 0 amide bonds. The van der Waals surface area contributed by atoms with Crippen molar-refractivity contribution >= 4 is 40.5 Å². The lowest BCUT2D eigenvalue weighted by atomic mass is 10.2. The van der Waals surface area contributed by atoms with Gasteiger partial charge in [-0.1, -0.05) is 59.6 Å². The van der Waals surface area contributed by atoms with Gasteiger partial charge in [0.1, 0.15) is 13.2 Å². The molecule has 8 heteroatoms. The van der Waals surface area contributed by atoms with Gasteiger partial charge in [-0.05, 0) is 17.0 Å². The molecule has 3 rings (SSSR count). The third-order valence-corrected chi connectivity index (χ3v) is 4.75. The lowest BCUT2D eigenvalue weighted by Gasteiger charge is -2.13. The van der Waals surface area contributed by atoms with Crippen molar-refractivity contribution in [1.82, 2.24) is 9.55 Å². The molecule has 0 saturated heterocycles. The first-order chi connectivity index (χ1) is 12.1. The zero-order valence-electron chi connectivity index (χ0n) is 12.8. The van der Waals surface area contributed by atoms with E-state index in [0.29, 0.717) is 10.6 Å². The first-order valence-electron chi connectivity index (χ1n) is 7.25. The van der Waals surface area contributed by atoms with Crippen molar-refractivity contribution < 1.29 is 9.53 Å². The molecular formula is C17H12Cl2N2O3S. The van der Waals surface area contributed by atoms with Gasteiger partial charge in [-0.25, -0.2) is 4.98 Å². The number of carbonyl (C=O) groups is 1. The standard InChI is InChI=1S/C17H12Cl2N2O3S/c18-15-14(12-7-4-8-25-12)21(17(23)16(19)20-15)9-13(22)24-10-11-5-2-1-3-6-11/h1-8H,9-10H2. The Morgan fingerprint density at radius 1 is 1.12 bits per heavy atom. The molecule has 2 aromatic heterocycles. The average Bonchev–Trinajstić information content (AvgIpc) is 3.12. The Balaban J connectivity index is 1.86. The van der Waals surface area contributed by atoms with E-state index >= 15 is 0 Å². The summed E-state index contributed by atoms with van der Waals surface area (Å²) in [6.07, 6.45) is 0. The van der Waals surface area contributed by atoms with E-state index in [4.69, 9.17) is 27.9 Å². The first kappa shape index (κ1) is 17.7. The largest absolute Gasteiger partial charge is 0.459 e. The van der Waals surface area contributed by atoms with Gasteiger partial charge < -0.3 is 4.74 Å². The Morgan fingerprint density at radius 3 is 2.56 bits per heavy atom. The fourth-order valence-electron chi connectivity index (χ4n) is 2.22. The maximum absolute atomic E-state index is 12.4. The summed E-state index contributed by atoms with van der Waals surface area (Å²) in [5.41, 5.74) is 0.612. The number of rotatable bonds is 5. The second-order valence-corrected chi connectivity index (χ2v) is 6.72. The van der Waals surface area contributed by atoms with Gasteiger partial charge in [0.15, 0.2) is 10.3 Å². The van der Waals surface area contributed by atoms with Crippen molar-refractivity contribution in [2.75, 3.05) is 0 Å². The van der Waals surface area contributed by atoms with E-state index in [1.165, 1.54) is 15.9 Å². The van der Waals surface area contributed by atoms with Crippen molar-refractivity contribution in [3.05, 3.63) is 74.1 Å². The van der Waals surface area contributed by atoms with E-state index in [1.807, 2.05) is 41.8 Å². The fraction of sp³-hybridized carbons (Fsp3) is 0.118. The van der Waals surface area contributed by atoms with Gasteiger partial charge in [0, 0.05) is 0 Å². The van der Waals surface area contributed by atoms with Gasteiger partial charge in [0.05, 0.1) is 10.6 Å². The van der Waals surface area contributed by atoms with Gasteiger partial charge in [-0.15, -0.1) is 11.3 Å². The van der Waals surface area contributed by atoms with Crippen molar-refractivity contribution in [2.45, 2.75) is 13.2 Å². The molecule has 0 fully saturated rings. The number of esters is 1. The third-order valence-electron chi connectivity index (χ3n) is 3.37. The molecule has 25 heavy (non-hydrogen) atoms. The van der Waals surface area contributed by atoms with Gasteiger partial charge in [-0.2, -0.15) is 0 Å². The quantitative estimate of drug-likeness (QED) is 0.613. The Morgan fingerprint density at radius 2 is 1.88 bits per heavy atom. The topological polar surface area (TPSA) is 61.2 Å². The lowest BCUT2D eigenvalue weighted by Crippen LogP contribution is -2.28. The van der Waals surface area contributed by atoms with Crippen LogP contribution in [0.4, 0.5) is 0 Å². The number of hydrogen-bond acceptors (Lipinski definition) is 5. The van der Waals surface area contributed by atoms with Crippen LogP contribution in [-0.2, 0) is 22.7 Å². The summed E-state index contributed by atoms with van der Waals surface area (Å²) < 4.78 is 6.43. The fourth-order valence-corrected chi connectivity index (χ4v) is 3.58. The number of aromatic nitrogens is 2. The van der Waals surface area contributed by atoms with Crippen LogP contribution in [0, 0.1) is 0 Å². The minimum atomic E-state index is -0.592. The molecule has 0 spiro atoms. The molecular weight excluding hydrogens is 383 g/mol. The first-order valence-corrected chi connectivity index (χ1v) is 8.89. The summed E-state index contributed by atoms with van der Waals surface area (Å²) in [6.45, 7) is -0.184. The van der Waals surface area contributed by atoms with Gasteiger partial charge in [0.25, 0.3) is 5.56 Å². The van der Waals surface area contributed by atoms with E-state index in [-0.39, 0.29) is 23.5 Å². The van der Waals surface area contributed by atoms with Crippen molar-refractivity contribution in [3.63, 3.8) is 0 Å². The molecule has 0 bridgehead atoms. The van der Waals surface area contributed by atoms with Gasteiger partial charge in [-0.3, -0.25) is 14.2 Å². The number of thiophene rings is 1. The molecule has 3 aromatic rings. The van der Waals surface area contributed by atoms with E-state index < -0.39 is 11.5 Å².